The molecule has 0 aliphatic rings. The lowest BCUT2D eigenvalue weighted by molar-refractivity contribution is 0.192. The summed E-state index contributed by atoms with van der Waals surface area (Å²) in [6.07, 6.45) is 0.867. The van der Waals surface area contributed by atoms with E-state index in [2.05, 4.69) is 0 Å². The number of hydrogen-bond acceptors (Lipinski definition) is 3. The van der Waals surface area contributed by atoms with Crippen LogP contribution in [0.2, 0.25) is 4.34 Å². The van der Waals surface area contributed by atoms with Crippen molar-refractivity contribution in [1.82, 2.24) is 0 Å². The van der Waals surface area contributed by atoms with Gasteiger partial charge in [-0.05, 0) is 37.1 Å². The Labute approximate surface area is 97.1 Å². The zero-order chi connectivity index (χ0) is 11.0. The Morgan fingerprint density at radius 2 is 2.13 bits per heavy atom. The van der Waals surface area contributed by atoms with Gasteiger partial charge in [-0.3, -0.25) is 0 Å². The van der Waals surface area contributed by atoms with Crippen LogP contribution in [-0.4, -0.2) is 5.11 Å². The monoisotopic (exact) mass is 242 g/mol. The molecule has 0 radical (unpaired) electrons. The molecule has 0 bridgehead atoms. The van der Waals surface area contributed by atoms with E-state index in [9.17, 15) is 5.11 Å². The first kappa shape index (κ1) is 10.7. The first-order valence-corrected chi connectivity index (χ1v) is 5.77. The molecule has 4 heteroatoms. The van der Waals surface area contributed by atoms with Crippen molar-refractivity contribution in [1.29, 1.82) is 0 Å². The Hall–Kier alpha value is -0.770. The van der Waals surface area contributed by atoms with E-state index in [0.29, 0.717) is 10.1 Å². The van der Waals surface area contributed by atoms with E-state index in [0.717, 1.165) is 16.0 Å². The second-order valence-corrected chi connectivity index (χ2v) is 5.16. The zero-order valence-corrected chi connectivity index (χ0v) is 10.0. The number of aliphatic hydroxyl groups is 1. The van der Waals surface area contributed by atoms with E-state index >= 15 is 0 Å². The van der Waals surface area contributed by atoms with Crippen LogP contribution in [0.1, 0.15) is 27.9 Å². The van der Waals surface area contributed by atoms with E-state index in [1.165, 1.54) is 11.3 Å². The van der Waals surface area contributed by atoms with Gasteiger partial charge in [0.2, 0.25) is 0 Å². The summed E-state index contributed by atoms with van der Waals surface area (Å²) in [6.45, 7) is 3.83. The minimum Gasteiger partial charge on any atom is -0.466 e. The minimum atomic E-state index is -0.712. The lowest BCUT2D eigenvalue weighted by Gasteiger charge is -2.05. The van der Waals surface area contributed by atoms with Crippen molar-refractivity contribution < 1.29 is 9.52 Å². The maximum atomic E-state index is 10.1. The van der Waals surface area contributed by atoms with Crippen LogP contribution in [0.3, 0.4) is 0 Å². The molecule has 2 heterocycles. The normalized spacial score (nSPS) is 13.1. The number of halogens is 1. The van der Waals surface area contributed by atoms with E-state index < -0.39 is 6.10 Å². The molecule has 0 aromatic carbocycles. The highest BCUT2D eigenvalue weighted by molar-refractivity contribution is 7.16. The number of thiophene rings is 1. The van der Waals surface area contributed by atoms with Crippen molar-refractivity contribution in [3.05, 3.63) is 44.5 Å². The molecule has 1 atom stereocenters. The molecule has 2 rings (SSSR count). The number of rotatable bonds is 2. The number of hydrogen-bond donors (Lipinski definition) is 1. The van der Waals surface area contributed by atoms with Crippen molar-refractivity contribution >= 4 is 22.9 Å². The maximum absolute atomic E-state index is 10.1. The Bertz CT molecular complexity index is 453. The summed E-state index contributed by atoms with van der Waals surface area (Å²) in [5.74, 6) is 0.591. The molecule has 1 unspecified atom stereocenters. The van der Waals surface area contributed by atoms with Gasteiger partial charge in [0.25, 0.3) is 0 Å². The highest BCUT2D eigenvalue weighted by atomic mass is 35.5. The lowest BCUT2D eigenvalue weighted by Crippen LogP contribution is -1.96. The molecule has 0 aliphatic heterocycles. The van der Waals surface area contributed by atoms with Gasteiger partial charge in [0.05, 0.1) is 10.6 Å². The van der Waals surface area contributed by atoms with Gasteiger partial charge in [-0.2, -0.15) is 0 Å². The highest BCUT2D eigenvalue weighted by Gasteiger charge is 2.19. The fourth-order valence-electron chi connectivity index (χ4n) is 1.41. The summed E-state index contributed by atoms with van der Waals surface area (Å²) in [5.41, 5.74) is 1.93. The molecule has 1 N–H and O–H groups in total. The molecule has 2 aromatic rings. The summed E-state index contributed by atoms with van der Waals surface area (Å²) in [7, 11) is 0. The van der Waals surface area contributed by atoms with Gasteiger partial charge in [0, 0.05) is 4.88 Å². The smallest absolute Gasteiger partial charge is 0.146 e. The molecule has 2 aromatic heterocycles. The zero-order valence-electron chi connectivity index (χ0n) is 8.45. The molecule has 2 nitrogen and oxygen atoms in total. The molecule has 0 amide bonds. The third kappa shape index (κ3) is 1.95. The Morgan fingerprint density at radius 3 is 2.60 bits per heavy atom. The molecule has 0 aliphatic carbocycles. The van der Waals surface area contributed by atoms with Crippen LogP contribution in [0.15, 0.2) is 22.8 Å². The van der Waals surface area contributed by atoms with Crippen LogP contribution in [0.25, 0.3) is 0 Å². The standard InChI is InChI=1S/C11H11ClO2S/c1-6-3-4-14-10(6)9(13)8-5-7(2)11(12)15-8/h3-5,9,13H,1-2H3. The molecular formula is C11H11ClO2S. The van der Waals surface area contributed by atoms with Crippen LogP contribution in [0, 0.1) is 13.8 Å². The molecule has 80 valence electrons. The first-order chi connectivity index (χ1) is 7.09. The van der Waals surface area contributed by atoms with E-state index in [4.69, 9.17) is 16.0 Å². The third-order valence-corrected chi connectivity index (χ3v) is 3.90. The van der Waals surface area contributed by atoms with E-state index in [1.54, 1.807) is 6.26 Å². The van der Waals surface area contributed by atoms with Gasteiger partial charge >= 0.3 is 0 Å². The third-order valence-electron chi connectivity index (χ3n) is 2.30. The molecule has 15 heavy (non-hydrogen) atoms. The Morgan fingerprint density at radius 1 is 1.40 bits per heavy atom. The highest BCUT2D eigenvalue weighted by Crippen LogP contribution is 2.35. The SMILES string of the molecule is Cc1ccoc1C(O)c1cc(C)c(Cl)s1. The topological polar surface area (TPSA) is 33.4 Å². The molecule has 0 saturated heterocycles. The molecule has 0 fully saturated rings. The summed E-state index contributed by atoms with van der Waals surface area (Å²) < 4.78 is 5.96. The summed E-state index contributed by atoms with van der Waals surface area (Å²) >= 11 is 7.34. The van der Waals surface area contributed by atoms with Crippen molar-refractivity contribution in [3.63, 3.8) is 0 Å². The largest absolute Gasteiger partial charge is 0.466 e. The van der Waals surface area contributed by atoms with Gasteiger partial charge in [0.1, 0.15) is 11.9 Å². The summed E-state index contributed by atoms with van der Waals surface area (Å²) in [4.78, 5) is 0.815. The van der Waals surface area contributed by atoms with Gasteiger partial charge < -0.3 is 9.52 Å². The predicted octanol–water partition coefficient (Wildman–Crippen LogP) is 3.69. The Balaban J connectivity index is 2.36. The van der Waals surface area contributed by atoms with E-state index in [1.807, 2.05) is 26.0 Å². The number of furan rings is 1. The lowest BCUT2D eigenvalue weighted by atomic mass is 10.1. The quantitative estimate of drug-likeness (QED) is 0.871. The minimum absolute atomic E-state index is 0.591. The molecule has 0 saturated carbocycles. The maximum Gasteiger partial charge on any atom is 0.146 e. The molecular weight excluding hydrogens is 232 g/mol. The van der Waals surface area contributed by atoms with Crippen LogP contribution in [0.5, 0.6) is 0 Å². The second kappa shape index (κ2) is 4.00. The fraction of sp³-hybridized carbons (Fsp3) is 0.273. The van der Waals surface area contributed by atoms with Gasteiger partial charge in [-0.1, -0.05) is 11.6 Å². The van der Waals surface area contributed by atoms with Gasteiger partial charge in [0.15, 0.2) is 0 Å². The van der Waals surface area contributed by atoms with Crippen LogP contribution < -0.4 is 0 Å². The average Bonchev–Trinajstić information content (AvgIpc) is 2.74. The van der Waals surface area contributed by atoms with E-state index in [-0.39, 0.29) is 0 Å². The molecule has 0 spiro atoms. The average molecular weight is 243 g/mol. The van der Waals surface area contributed by atoms with Crippen LogP contribution in [-0.2, 0) is 0 Å². The number of aliphatic hydroxyl groups excluding tert-OH is 1. The Kier molecular flexibility index (Phi) is 2.87. The van der Waals surface area contributed by atoms with Gasteiger partial charge in [-0.25, -0.2) is 0 Å². The van der Waals surface area contributed by atoms with Crippen molar-refractivity contribution in [2.75, 3.05) is 0 Å². The van der Waals surface area contributed by atoms with Crippen LogP contribution in [0.4, 0.5) is 0 Å². The predicted molar refractivity (Wildman–Crippen MR) is 61.6 cm³/mol. The summed E-state index contributed by atoms with van der Waals surface area (Å²) in [5, 5.41) is 10.1. The second-order valence-electron chi connectivity index (χ2n) is 3.48. The van der Waals surface area contributed by atoms with Gasteiger partial charge in [-0.15, -0.1) is 11.3 Å². The fourth-order valence-corrected chi connectivity index (χ4v) is 2.62. The number of aryl methyl sites for hydroxylation is 2. The summed E-state index contributed by atoms with van der Waals surface area (Å²) in [6, 6.07) is 3.72. The van der Waals surface area contributed by atoms with Crippen molar-refractivity contribution in [2.45, 2.75) is 20.0 Å². The van der Waals surface area contributed by atoms with Crippen molar-refractivity contribution in [2.24, 2.45) is 0 Å². The van der Waals surface area contributed by atoms with Crippen LogP contribution >= 0.6 is 22.9 Å². The first-order valence-electron chi connectivity index (χ1n) is 4.57. The van der Waals surface area contributed by atoms with Crippen molar-refractivity contribution in [3.8, 4) is 0 Å².